The topological polar surface area (TPSA) is 60.5 Å². The zero-order chi connectivity index (χ0) is 14.7. The molecule has 0 radical (unpaired) electrons. The molecule has 0 bridgehead atoms. The van der Waals surface area contributed by atoms with Crippen LogP contribution >= 0.6 is 11.6 Å². The van der Waals surface area contributed by atoms with Crippen molar-refractivity contribution in [3.63, 3.8) is 0 Å². The molecule has 2 aliphatic rings. The first-order chi connectivity index (χ1) is 10.2. The van der Waals surface area contributed by atoms with E-state index in [1.54, 1.807) is 18.3 Å². The van der Waals surface area contributed by atoms with E-state index in [4.69, 9.17) is 11.6 Å². The molecular weight excluding hydrogens is 290 g/mol. The number of aromatic nitrogens is 1. The molecule has 7 heteroatoms. The molecule has 2 saturated heterocycles. The van der Waals surface area contributed by atoms with Crippen LogP contribution in [0.1, 0.15) is 0 Å². The number of rotatable bonds is 4. The number of pyridine rings is 1. The van der Waals surface area contributed by atoms with Crippen LogP contribution in [-0.4, -0.2) is 72.5 Å². The highest BCUT2D eigenvalue weighted by atomic mass is 35.5. The maximum Gasteiger partial charge on any atom is 0.238 e. The van der Waals surface area contributed by atoms with Gasteiger partial charge in [-0.25, -0.2) is 4.98 Å². The molecule has 3 rings (SSSR count). The normalized spacial score (nSPS) is 21.0. The van der Waals surface area contributed by atoms with Gasteiger partial charge in [0.25, 0.3) is 0 Å². The van der Waals surface area contributed by atoms with Gasteiger partial charge in [0.15, 0.2) is 5.15 Å². The van der Waals surface area contributed by atoms with E-state index in [9.17, 15) is 4.79 Å². The summed E-state index contributed by atoms with van der Waals surface area (Å²) in [7, 11) is 0. The lowest BCUT2D eigenvalue weighted by Gasteiger charge is -2.43. The van der Waals surface area contributed by atoms with Crippen LogP contribution in [0.2, 0.25) is 5.15 Å². The standard InChI is InChI=1S/C14H20ClN5O/c15-14-12(2-1-3-17-14)18-13(21)10-19-4-6-20(7-5-19)11-8-16-9-11/h1-3,11,16H,4-10H2,(H,18,21). The maximum absolute atomic E-state index is 12.1. The number of carbonyl (C=O) groups is 1. The number of amides is 1. The summed E-state index contributed by atoms with van der Waals surface area (Å²) < 4.78 is 0. The molecule has 1 aromatic heterocycles. The van der Waals surface area contributed by atoms with Crippen molar-refractivity contribution in [3.05, 3.63) is 23.5 Å². The van der Waals surface area contributed by atoms with E-state index in [2.05, 4.69) is 25.4 Å². The summed E-state index contributed by atoms with van der Waals surface area (Å²) in [5, 5.41) is 6.44. The Morgan fingerprint density at radius 1 is 1.38 bits per heavy atom. The smallest absolute Gasteiger partial charge is 0.238 e. The van der Waals surface area contributed by atoms with Gasteiger partial charge >= 0.3 is 0 Å². The van der Waals surface area contributed by atoms with Crippen LogP contribution in [0.5, 0.6) is 0 Å². The van der Waals surface area contributed by atoms with Crippen LogP contribution in [0, 0.1) is 0 Å². The Balaban J connectivity index is 1.44. The average Bonchev–Trinajstić information content (AvgIpc) is 2.42. The number of hydrogen-bond acceptors (Lipinski definition) is 5. The van der Waals surface area contributed by atoms with E-state index >= 15 is 0 Å². The number of nitrogens with zero attached hydrogens (tertiary/aromatic N) is 3. The molecule has 1 amide bonds. The van der Waals surface area contributed by atoms with Crippen molar-refractivity contribution in [2.75, 3.05) is 51.1 Å². The van der Waals surface area contributed by atoms with Crippen molar-refractivity contribution in [2.45, 2.75) is 6.04 Å². The predicted molar refractivity (Wildman–Crippen MR) is 82.5 cm³/mol. The fourth-order valence-electron chi connectivity index (χ4n) is 2.69. The molecule has 0 aliphatic carbocycles. The van der Waals surface area contributed by atoms with Gasteiger partial charge in [0.2, 0.25) is 5.91 Å². The summed E-state index contributed by atoms with van der Waals surface area (Å²) in [5.41, 5.74) is 0.573. The van der Waals surface area contributed by atoms with Gasteiger partial charge in [-0.15, -0.1) is 0 Å². The van der Waals surface area contributed by atoms with Gasteiger partial charge in [0.1, 0.15) is 0 Å². The van der Waals surface area contributed by atoms with E-state index in [1.165, 1.54) is 0 Å². The third-order valence-corrected chi connectivity index (χ3v) is 4.38. The summed E-state index contributed by atoms with van der Waals surface area (Å²) in [4.78, 5) is 20.7. The van der Waals surface area contributed by atoms with E-state index in [-0.39, 0.29) is 5.91 Å². The van der Waals surface area contributed by atoms with Gasteiger partial charge in [-0.05, 0) is 12.1 Å². The molecule has 0 unspecified atom stereocenters. The van der Waals surface area contributed by atoms with Crippen molar-refractivity contribution < 1.29 is 4.79 Å². The van der Waals surface area contributed by atoms with Gasteiger partial charge in [0, 0.05) is 51.5 Å². The van der Waals surface area contributed by atoms with Crippen molar-refractivity contribution in [1.82, 2.24) is 20.1 Å². The number of piperazine rings is 1. The Hall–Kier alpha value is -1.21. The van der Waals surface area contributed by atoms with E-state index < -0.39 is 0 Å². The maximum atomic E-state index is 12.1. The van der Waals surface area contributed by atoms with Crippen LogP contribution in [0.3, 0.4) is 0 Å². The first-order valence-electron chi connectivity index (χ1n) is 7.30. The highest BCUT2D eigenvalue weighted by Gasteiger charge is 2.28. The number of anilines is 1. The second-order valence-electron chi connectivity index (χ2n) is 5.51. The molecular formula is C14H20ClN5O. The molecule has 2 N–H and O–H groups in total. The largest absolute Gasteiger partial charge is 0.322 e. The second kappa shape index (κ2) is 6.70. The average molecular weight is 310 g/mol. The van der Waals surface area contributed by atoms with Crippen LogP contribution in [0.25, 0.3) is 0 Å². The minimum Gasteiger partial charge on any atom is -0.322 e. The summed E-state index contributed by atoms with van der Waals surface area (Å²) in [6, 6.07) is 4.21. The van der Waals surface area contributed by atoms with E-state index in [0.29, 0.717) is 23.4 Å². The molecule has 0 aromatic carbocycles. The Bertz CT molecular complexity index is 500. The molecule has 0 spiro atoms. The minimum absolute atomic E-state index is 0.0383. The van der Waals surface area contributed by atoms with Crippen LogP contribution in [-0.2, 0) is 4.79 Å². The third-order valence-electron chi connectivity index (χ3n) is 4.08. The van der Waals surface area contributed by atoms with Gasteiger partial charge < -0.3 is 10.6 Å². The highest BCUT2D eigenvalue weighted by molar-refractivity contribution is 6.32. The van der Waals surface area contributed by atoms with E-state index in [1.807, 2.05) is 0 Å². The fourth-order valence-corrected chi connectivity index (χ4v) is 2.86. The van der Waals surface area contributed by atoms with Crippen molar-refractivity contribution in [3.8, 4) is 0 Å². The number of hydrogen-bond donors (Lipinski definition) is 2. The summed E-state index contributed by atoms with van der Waals surface area (Å²) >= 11 is 5.94. The van der Waals surface area contributed by atoms with Crippen molar-refractivity contribution in [2.24, 2.45) is 0 Å². The fraction of sp³-hybridized carbons (Fsp3) is 0.571. The molecule has 0 atom stereocenters. The van der Waals surface area contributed by atoms with Gasteiger partial charge in [0.05, 0.1) is 12.2 Å². The molecule has 1 aromatic rings. The zero-order valence-electron chi connectivity index (χ0n) is 11.9. The SMILES string of the molecule is O=C(CN1CCN(C2CNC2)CC1)Nc1cccnc1Cl. The number of nitrogens with one attached hydrogen (secondary N) is 2. The molecule has 0 saturated carbocycles. The molecule has 6 nitrogen and oxygen atoms in total. The molecule has 21 heavy (non-hydrogen) atoms. The number of carbonyl (C=O) groups excluding carboxylic acids is 1. The molecule has 2 aliphatic heterocycles. The summed E-state index contributed by atoms with van der Waals surface area (Å²) in [6.07, 6.45) is 1.60. The highest BCUT2D eigenvalue weighted by Crippen LogP contribution is 2.17. The van der Waals surface area contributed by atoms with Crippen molar-refractivity contribution >= 4 is 23.2 Å². The Morgan fingerprint density at radius 2 is 2.14 bits per heavy atom. The third kappa shape index (κ3) is 3.71. The lowest BCUT2D eigenvalue weighted by atomic mass is 10.1. The van der Waals surface area contributed by atoms with Crippen LogP contribution < -0.4 is 10.6 Å². The van der Waals surface area contributed by atoms with Gasteiger partial charge in [-0.3, -0.25) is 14.6 Å². The van der Waals surface area contributed by atoms with Crippen LogP contribution in [0.15, 0.2) is 18.3 Å². The predicted octanol–water partition coefficient (Wildman–Crippen LogP) is 0.263. The Labute approximate surface area is 129 Å². The lowest BCUT2D eigenvalue weighted by Crippen LogP contribution is -2.61. The molecule has 2 fully saturated rings. The first-order valence-corrected chi connectivity index (χ1v) is 7.67. The summed E-state index contributed by atoms with van der Waals surface area (Å²) in [5.74, 6) is -0.0383. The minimum atomic E-state index is -0.0383. The molecule has 114 valence electrons. The Kier molecular flexibility index (Phi) is 4.70. The van der Waals surface area contributed by atoms with Crippen LogP contribution in [0.4, 0.5) is 5.69 Å². The van der Waals surface area contributed by atoms with Crippen molar-refractivity contribution in [1.29, 1.82) is 0 Å². The Morgan fingerprint density at radius 3 is 2.76 bits per heavy atom. The second-order valence-corrected chi connectivity index (χ2v) is 5.87. The van der Waals surface area contributed by atoms with E-state index in [0.717, 1.165) is 39.3 Å². The first kappa shape index (κ1) is 14.7. The quantitative estimate of drug-likeness (QED) is 0.782. The lowest BCUT2D eigenvalue weighted by molar-refractivity contribution is -0.117. The van der Waals surface area contributed by atoms with Gasteiger partial charge in [-0.1, -0.05) is 11.6 Å². The monoisotopic (exact) mass is 309 g/mol. The van der Waals surface area contributed by atoms with Gasteiger partial charge in [-0.2, -0.15) is 0 Å². The molecule has 3 heterocycles. The number of halogens is 1. The summed E-state index contributed by atoms with van der Waals surface area (Å²) in [6.45, 7) is 6.54. The zero-order valence-corrected chi connectivity index (χ0v) is 12.6.